The van der Waals surface area contributed by atoms with Crippen LogP contribution in [0.25, 0.3) is 0 Å². The molecular weight excluding hydrogens is 252 g/mol. The van der Waals surface area contributed by atoms with Gasteiger partial charge in [0, 0.05) is 22.9 Å². The molecule has 0 aromatic heterocycles. The van der Waals surface area contributed by atoms with E-state index in [1.807, 2.05) is 0 Å². The van der Waals surface area contributed by atoms with Crippen LogP contribution in [0.2, 0.25) is 0 Å². The Morgan fingerprint density at radius 2 is 2.11 bits per heavy atom. The first-order valence-electron chi connectivity index (χ1n) is 2.82. The van der Waals surface area contributed by atoms with Gasteiger partial charge in [0.05, 0.1) is 12.1 Å². The quantitative estimate of drug-likeness (QED) is 0.581. The predicted octanol–water partition coefficient (Wildman–Crippen LogP) is 1.26. The zero-order valence-electron chi connectivity index (χ0n) is 5.06. The Morgan fingerprint density at radius 3 is 2.11 bits per heavy atom. The summed E-state index contributed by atoms with van der Waals surface area (Å²) in [5.41, 5.74) is 0.0978. The maximum absolute atomic E-state index is 8.77. The summed E-state index contributed by atoms with van der Waals surface area (Å²) in [7, 11) is 0. The Hall–Kier alpha value is 0.940. The van der Waals surface area contributed by atoms with Gasteiger partial charge >= 0.3 is 0 Å². The van der Waals surface area contributed by atoms with Crippen LogP contribution in [-0.4, -0.2) is 17.3 Å². The van der Waals surface area contributed by atoms with Gasteiger partial charge in [-0.2, -0.15) is 0 Å². The largest absolute Gasteiger partial charge is 0.394 e. The molecule has 0 aromatic carbocycles. The predicted molar refractivity (Wildman–Crippen MR) is 48.1 cm³/mol. The molecule has 56 valence electrons. The SMILES string of the molecule is Cl.OCC1(NI)CCC1. The van der Waals surface area contributed by atoms with Gasteiger partial charge in [0.1, 0.15) is 0 Å². The minimum atomic E-state index is 0. The molecule has 0 saturated heterocycles. The average Bonchev–Trinajstić information content (AvgIpc) is 1.67. The minimum absolute atomic E-state index is 0. The topological polar surface area (TPSA) is 32.3 Å². The van der Waals surface area contributed by atoms with Crippen LogP contribution in [0.4, 0.5) is 0 Å². The highest BCUT2D eigenvalue weighted by Gasteiger charge is 2.34. The fourth-order valence-corrected chi connectivity index (χ4v) is 1.60. The fraction of sp³-hybridized carbons (Fsp3) is 1.00. The van der Waals surface area contributed by atoms with E-state index < -0.39 is 0 Å². The standard InChI is InChI=1S/C5H10INO.ClH/c6-7-5(4-8)2-1-3-5;/h7-8H,1-4H2;1H. The van der Waals surface area contributed by atoms with Gasteiger partial charge in [0.15, 0.2) is 0 Å². The van der Waals surface area contributed by atoms with Crippen molar-refractivity contribution in [3.05, 3.63) is 0 Å². The minimum Gasteiger partial charge on any atom is -0.394 e. The second-order valence-electron chi connectivity index (χ2n) is 2.39. The Labute approximate surface area is 75.3 Å². The highest BCUT2D eigenvalue weighted by Crippen LogP contribution is 2.31. The third kappa shape index (κ3) is 1.93. The maximum atomic E-state index is 8.77. The van der Waals surface area contributed by atoms with E-state index in [0.717, 1.165) is 12.8 Å². The number of aliphatic hydroxyl groups is 1. The molecule has 0 atom stereocenters. The first-order chi connectivity index (χ1) is 3.83. The second-order valence-corrected chi connectivity index (χ2v) is 2.93. The van der Waals surface area contributed by atoms with Crippen LogP contribution in [-0.2, 0) is 0 Å². The summed E-state index contributed by atoms with van der Waals surface area (Å²) in [5.74, 6) is 0. The third-order valence-electron chi connectivity index (χ3n) is 1.81. The van der Waals surface area contributed by atoms with E-state index in [-0.39, 0.29) is 24.6 Å². The van der Waals surface area contributed by atoms with Crippen molar-refractivity contribution in [1.82, 2.24) is 3.53 Å². The van der Waals surface area contributed by atoms with E-state index in [0.29, 0.717) is 0 Å². The molecule has 1 fully saturated rings. The van der Waals surface area contributed by atoms with Crippen molar-refractivity contribution < 1.29 is 5.11 Å². The van der Waals surface area contributed by atoms with E-state index >= 15 is 0 Å². The molecule has 0 aliphatic heterocycles. The van der Waals surface area contributed by atoms with Crippen molar-refractivity contribution in [2.24, 2.45) is 0 Å². The summed E-state index contributed by atoms with van der Waals surface area (Å²) in [6.07, 6.45) is 3.52. The molecule has 0 radical (unpaired) electrons. The van der Waals surface area contributed by atoms with Crippen molar-refractivity contribution in [1.29, 1.82) is 0 Å². The fourth-order valence-electron chi connectivity index (χ4n) is 0.886. The summed E-state index contributed by atoms with van der Waals surface area (Å²) in [6, 6.07) is 0. The Morgan fingerprint density at radius 1 is 1.56 bits per heavy atom. The molecule has 2 N–H and O–H groups in total. The normalized spacial score (nSPS) is 22.0. The van der Waals surface area contributed by atoms with Gasteiger partial charge in [-0.3, -0.25) is 3.53 Å². The molecule has 0 amide bonds. The molecule has 0 heterocycles. The smallest absolute Gasteiger partial charge is 0.0620 e. The lowest BCUT2D eigenvalue weighted by Crippen LogP contribution is -2.49. The monoisotopic (exact) mass is 263 g/mol. The van der Waals surface area contributed by atoms with Crippen molar-refractivity contribution >= 4 is 35.3 Å². The van der Waals surface area contributed by atoms with Crippen LogP contribution in [0.5, 0.6) is 0 Å². The van der Waals surface area contributed by atoms with Crippen molar-refractivity contribution in [2.45, 2.75) is 24.8 Å². The molecule has 9 heavy (non-hydrogen) atoms. The molecule has 1 aliphatic rings. The number of hydrogen-bond donors (Lipinski definition) is 2. The van der Waals surface area contributed by atoms with Crippen LogP contribution >= 0.6 is 35.3 Å². The molecule has 1 saturated carbocycles. The highest BCUT2D eigenvalue weighted by molar-refractivity contribution is 14.1. The molecule has 0 bridgehead atoms. The van der Waals surface area contributed by atoms with Gasteiger partial charge in [0.25, 0.3) is 0 Å². The van der Waals surface area contributed by atoms with E-state index in [9.17, 15) is 0 Å². The van der Waals surface area contributed by atoms with Crippen LogP contribution in [0.1, 0.15) is 19.3 Å². The third-order valence-corrected chi connectivity index (χ3v) is 2.96. The van der Waals surface area contributed by atoms with E-state index in [2.05, 4.69) is 26.4 Å². The van der Waals surface area contributed by atoms with Gasteiger partial charge in [0.2, 0.25) is 0 Å². The van der Waals surface area contributed by atoms with Crippen LogP contribution in [0, 0.1) is 0 Å². The summed E-state index contributed by atoms with van der Waals surface area (Å²) >= 11 is 2.11. The highest BCUT2D eigenvalue weighted by atomic mass is 127. The number of rotatable bonds is 2. The van der Waals surface area contributed by atoms with Gasteiger partial charge in [-0.1, -0.05) is 0 Å². The second kappa shape index (κ2) is 3.95. The van der Waals surface area contributed by atoms with E-state index in [1.165, 1.54) is 6.42 Å². The zero-order chi connectivity index (χ0) is 6.04. The molecule has 1 aliphatic carbocycles. The van der Waals surface area contributed by atoms with E-state index in [1.54, 1.807) is 0 Å². The summed E-state index contributed by atoms with van der Waals surface area (Å²) in [5, 5.41) is 8.77. The first kappa shape index (κ1) is 9.94. The van der Waals surface area contributed by atoms with Crippen LogP contribution in [0.3, 0.4) is 0 Å². The maximum Gasteiger partial charge on any atom is 0.0620 e. The van der Waals surface area contributed by atoms with Gasteiger partial charge in [-0.15, -0.1) is 12.4 Å². The first-order valence-corrected chi connectivity index (χ1v) is 3.89. The van der Waals surface area contributed by atoms with Gasteiger partial charge in [-0.05, 0) is 19.3 Å². The lowest BCUT2D eigenvalue weighted by Gasteiger charge is -2.38. The summed E-state index contributed by atoms with van der Waals surface area (Å²) < 4.78 is 3.08. The Kier molecular flexibility index (Phi) is 4.37. The van der Waals surface area contributed by atoms with Crippen LogP contribution in [0.15, 0.2) is 0 Å². The number of aliphatic hydroxyl groups excluding tert-OH is 1. The summed E-state index contributed by atoms with van der Waals surface area (Å²) in [4.78, 5) is 0. The Bertz CT molecular complexity index is 73.5. The number of halogens is 2. The molecule has 2 nitrogen and oxygen atoms in total. The van der Waals surface area contributed by atoms with Gasteiger partial charge < -0.3 is 5.11 Å². The van der Waals surface area contributed by atoms with Crippen LogP contribution < -0.4 is 3.53 Å². The Balaban J connectivity index is 0.000000640. The summed E-state index contributed by atoms with van der Waals surface area (Å²) in [6.45, 7) is 0.288. The molecule has 1 rings (SSSR count). The average molecular weight is 264 g/mol. The van der Waals surface area contributed by atoms with E-state index in [4.69, 9.17) is 5.11 Å². The lowest BCUT2D eigenvalue weighted by atomic mass is 9.79. The zero-order valence-corrected chi connectivity index (χ0v) is 8.04. The number of nitrogens with one attached hydrogen (secondary N) is 1. The molecule has 0 spiro atoms. The van der Waals surface area contributed by atoms with Crippen molar-refractivity contribution in [3.8, 4) is 0 Å². The molecule has 0 aromatic rings. The molecular formula is C5H11ClINO. The van der Waals surface area contributed by atoms with Crippen molar-refractivity contribution in [3.63, 3.8) is 0 Å². The van der Waals surface area contributed by atoms with Crippen molar-refractivity contribution in [2.75, 3.05) is 6.61 Å². The molecule has 0 unspecified atom stereocenters. The van der Waals surface area contributed by atoms with Gasteiger partial charge in [-0.25, -0.2) is 0 Å². The molecule has 4 heteroatoms. The number of hydrogen-bond acceptors (Lipinski definition) is 2. The lowest BCUT2D eigenvalue weighted by molar-refractivity contribution is 0.118.